The lowest BCUT2D eigenvalue weighted by molar-refractivity contribution is -0.137. The summed E-state index contributed by atoms with van der Waals surface area (Å²) < 4.78 is 42.4. The van der Waals surface area contributed by atoms with E-state index in [2.05, 4.69) is 4.84 Å². The molecule has 0 amide bonds. The van der Waals surface area contributed by atoms with Crippen LogP contribution in [0.15, 0.2) is 24.3 Å². The van der Waals surface area contributed by atoms with E-state index in [1.54, 1.807) is 0 Å². The molecule has 0 aliphatic rings. The molecule has 1 aromatic rings. The number of rotatable bonds is 5. The Morgan fingerprint density at radius 2 is 2.06 bits per heavy atom. The molecule has 2 N–H and O–H groups in total. The van der Waals surface area contributed by atoms with Crippen LogP contribution < -0.4 is 10.6 Å². The van der Waals surface area contributed by atoms with Gasteiger partial charge in [0, 0.05) is 0 Å². The molecule has 6 heteroatoms. The first-order valence-corrected chi connectivity index (χ1v) is 5.13. The molecule has 0 radical (unpaired) electrons. The molecule has 1 atom stereocenters. The van der Waals surface area contributed by atoms with E-state index in [9.17, 15) is 13.2 Å². The Hall–Kier alpha value is -1.27. The number of ether oxygens (including phenoxy) is 1. The number of nitrogens with two attached hydrogens (primary N) is 1. The molecule has 0 heterocycles. The van der Waals surface area contributed by atoms with Gasteiger partial charge < -0.3 is 4.74 Å². The van der Waals surface area contributed by atoms with Crippen molar-refractivity contribution >= 4 is 0 Å². The van der Waals surface area contributed by atoms with E-state index in [1.807, 2.05) is 6.92 Å². The smallest absolute Gasteiger partial charge is 0.416 e. The fourth-order valence-corrected chi connectivity index (χ4v) is 1.20. The summed E-state index contributed by atoms with van der Waals surface area (Å²) in [5.41, 5.74) is -0.739. The van der Waals surface area contributed by atoms with E-state index in [0.29, 0.717) is 6.42 Å². The third-order valence-corrected chi connectivity index (χ3v) is 2.25. The minimum atomic E-state index is -4.37. The zero-order valence-corrected chi connectivity index (χ0v) is 9.33. The molecular weight excluding hydrogens is 235 g/mol. The summed E-state index contributed by atoms with van der Waals surface area (Å²) in [5, 5.41) is 0. The first kappa shape index (κ1) is 13.8. The maximum Gasteiger partial charge on any atom is 0.416 e. The lowest BCUT2D eigenvalue weighted by Crippen LogP contribution is -2.24. The second-order valence-electron chi connectivity index (χ2n) is 3.50. The molecular formula is C11H14F3NO2. The lowest BCUT2D eigenvalue weighted by Gasteiger charge is -2.14. The molecule has 0 aromatic heterocycles. The topological polar surface area (TPSA) is 44.5 Å². The summed E-state index contributed by atoms with van der Waals surface area (Å²) >= 11 is 0. The Balaban J connectivity index is 2.66. The van der Waals surface area contributed by atoms with Crippen molar-refractivity contribution in [1.82, 2.24) is 0 Å². The van der Waals surface area contributed by atoms with Crippen molar-refractivity contribution < 1.29 is 22.7 Å². The van der Waals surface area contributed by atoms with Gasteiger partial charge in [0.1, 0.15) is 18.5 Å². The van der Waals surface area contributed by atoms with Gasteiger partial charge in [-0.15, -0.1) is 0 Å². The maximum absolute atomic E-state index is 12.4. The number of alkyl halides is 3. The summed E-state index contributed by atoms with van der Waals surface area (Å²) in [5.74, 6) is 5.14. The standard InChI is InChI=1S/C11H14F3NO2/c1-2-9(17-15)7-16-10-5-3-4-8(6-10)11(12,13)14/h3-6,9H,2,7,15H2,1H3/t9-/m0/s1. The highest BCUT2D eigenvalue weighted by molar-refractivity contribution is 5.30. The van der Waals surface area contributed by atoms with Crippen molar-refractivity contribution in [1.29, 1.82) is 0 Å². The van der Waals surface area contributed by atoms with Gasteiger partial charge in [-0.2, -0.15) is 13.2 Å². The Bertz CT molecular complexity index is 351. The molecule has 3 nitrogen and oxygen atoms in total. The average molecular weight is 249 g/mol. The van der Waals surface area contributed by atoms with Gasteiger partial charge in [0.05, 0.1) is 5.56 Å². The monoisotopic (exact) mass is 249 g/mol. The third-order valence-electron chi connectivity index (χ3n) is 2.25. The van der Waals surface area contributed by atoms with Crippen LogP contribution in [0.3, 0.4) is 0 Å². The lowest BCUT2D eigenvalue weighted by atomic mass is 10.2. The number of halogens is 3. The first-order valence-electron chi connectivity index (χ1n) is 5.13. The Labute approximate surface area is 97.3 Å². The summed E-state index contributed by atoms with van der Waals surface area (Å²) in [7, 11) is 0. The maximum atomic E-state index is 12.4. The van der Waals surface area contributed by atoms with Crippen LogP contribution in [0.1, 0.15) is 18.9 Å². The Morgan fingerprint density at radius 1 is 1.35 bits per heavy atom. The molecule has 1 rings (SSSR count). The van der Waals surface area contributed by atoms with Crippen LogP contribution >= 0.6 is 0 Å². The largest absolute Gasteiger partial charge is 0.491 e. The van der Waals surface area contributed by atoms with Gasteiger partial charge in [-0.1, -0.05) is 13.0 Å². The fraction of sp³-hybridized carbons (Fsp3) is 0.455. The predicted molar refractivity (Wildman–Crippen MR) is 56.3 cm³/mol. The van der Waals surface area contributed by atoms with Crippen LogP contribution in [0.5, 0.6) is 5.75 Å². The molecule has 0 bridgehead atoms. The van der Waals surface area contributed by atoms with Crippen molar-refractivity contribution in [3.63, 3.8) is 0 Å². The molecule has 0 unspecified atom stereocenters. The third kappa shape index (κ3) is 4.24. The van der Waals surface area contributed by atoms with Crippen LogP contribution in [-0.4, -0.2) is 12.7 Å². The van der Waals surface area contributed by atoms with Crippen molar-refractivity contribution in [3.05, 3.63) is 29.8 Å². The van der Waals surface area contributed by atoms with E-state index in [0.717, 1.165) is 12.1 Å². The summed E-state index contributed by atoms with van der Waals surface area (Å²) in [6, 6.07) is 4.69. The molecule has 96 valence electrons. The zero-order chi connectivity index (χ0) is 12.9. The minimum Gasteiger partial charge on any atom is -0.491 e. The molecule has 0 fully saturated rings. The first-order chi connectivity index (χ1) is 7.97. The van der Waals surface area contributed by atoms with Crippen LogP contribution in [-0.2, 0) is 11.0 Å². The van der Waals surface area contributed by atoms with E-state index < -0.39 is 11.7 Å². The van der Waals surface area contributed by atoms with Crippen LogP contribution in [0.25, 0.3) is 0 Å². The van der Waals surface area contributed by atoms with Gasteiger partial charge in [-0.3, -0.25) is 4.84 Å². The summed E-state index contributed by atoms with van der Waals surface area (Å²) in [6.45, 7) is 1.96. The number of hydrogen-bond acceptors (Lipinski definition) is 3. The van der Waals surface area contributed by atoms with Crippen molar-refractivity contribution in [2.45, 2.75) is 25.6 Å². The van der Waals surface area contributed by atoms with E-state index in [-0.39, 0.29) is 18.5 Å². The second-order valence-corrected chi connectivity index (χ2v) is 3.50. The SMILES string of the molecule is CC[C@@H](COc1cccc(C(F)(F)F)c1)ON. The van der Waals surface area contributed by atoms with E-state index in [1.165, 1.54) is 12.1 Å². The van der Waals surface area contributed by atoms with Crippen LogP contribution in [0.2, 0.25) is 0 Å². The quantitative estimate of drug-likeness (QED) is 0.816. The highest BCUT2D eigenvalue weighted by atomic mass is 19.4. The number of benzene rings is 1. The highest BCUT2D eigenvalue weighted by Crippen LogP contribution is 2.31. The van der Waals surface area contributed by atoms with E-state index in [4.69, 9.17) is 10.6 Å². The van der Waals surface area contributed by atoms with Gasteiger partial charge in [-0.05, 0) is 24.6 Å². The minimum absolute atomic E-state index is 0.119. The number of hydrogen-bond donors (Lipinski definition) is 1. The summed E-state index contributed by atoms with van der Waals surface area (Å²) in [6.07, 6.45) is -4.08. The van der Waals surface area contributed by atoms with Gasteiger partial charge >= 0.3 is 6.18 Å². The van der Waals surface area contributed by atoms with Crippen LogP contribution in [0.4, 0.5) is 13.2 Å². The van der Waals surface area contributed by atoms with E-state index >= 15 is 0 Å². The molecule has 0 saturated heterocycles. The Morgan fingerprint density at radius 3 is 2.59 bits per heavy atom. The predicted octanol–water partition coefficient (Wildman–Crippen LogP) is 2.75. The van der Waals surface area contributed by atoms with Gasteiger partial charge in [0.25, 0.3) is 0 Å². The van der Waals surface area contributed by atoms with Gasteiger partial charge in [-0.25, -0.2) is 5.90 Å². The fourth-order valence-electron chi connectivity index (χ4n) is 1.20. The highest BCUT2D eigenvalue weighted by Gasteiger charge is 2.30. The molecule has 0 aliphatic carbocycles. The molecule has 0 aliphatic heterocycles. The van der Waals surface area contributed by atoms with Crippen LogP contribution in [0, 0.1) is 0 Å². The average Bonchev–Trinajstić information content (AvgIpc) is 2.30. The molecule has 0 spiro atoms. The Kier molecular flexibility index (Phi) is 4.77. The van der Waals surface area contributed by atoms with Crippen molar-refractivity contribution in [2.24, 2.45) is 5.90 Å². The van der Waals surface area contributed by atoms with Crippen molar-refractivity contribution in [2.75, 3.05) is 6.61 Å². The molecule has 0 saturated carbocycles. The summed E-state index contributed by atoms with van der Waals surface area (Å²) in [4.78, 5) is 4.57. The van der Waals surface area contributed by atoms with Gasteiger partial charge in [0.2, 0.25) is 0 Å². The molecule has 17 heavy (non-hydrogen) atoms. The zero-order valence-electron chi connectivity index (χ0n) is 9.33. The normalized spacial score (nSPS) is 13.5. The van der Waals surface area contributed by atoms with Crippen molar-refractivity contribution in [3.8, 4) is 5.75 Å². The van der Waals surface area contributed by atoms with Gasteiger partial charge in [0.15, 0.2) is 0 Å². The second kappa shape index (κ2) is 5.88. The molecule has 1 aromatic carbocycles.